The molecule has 0 aliphatic rings. The van der Waals surface area contributed by atoms with E-state index in [1.54, 1.807) is 7.11 Å². The van der Waals surface area contributed by atoms with Crippen LogP contribution in [0.5, 0.6) is 0 Å². The van der Waals surface area contributed by atoms with Crippen LogP contribution in [0.3, 0.4) is 0 Å². The number of ether oxygens (including phenoxy) is 3. The van der Waals surface area contributed by atoms with Crippen molar-refractivity contribution in [2.75, 3.05) is 40.1 Å². The summed E-state index contributed by atoms with van der Waals surface area (Å²) < 4.78 is 15.6. The number of hydrogen-bond acceptors (Lipinski definition) is 4. The fourth-order valence-corrected chi connectivity index (χ4v) is 1.01. The van der Waals surface area contributed by atoms with Crippen LogP contribution in [-0.4, -0.2) is 46.2 Å². The monoisotopic (exact) mass is 205 g/mol. The zero-order chi connectivity index (χ0) is 10.6. The number of hydrogen-bond donors (Lipinski definition) is 1. The summed E-state index contributed by atoms with van der Waals surface area (Å²) >= 11 is 0. The Hall–Kier alpha value is -0.160. The van der Waals surface area contributed by atoms with Gasteiger partial charge in [-0.05, 0) is 12.8 Å². The van der Waals surface area contributed by atoms with E-state index in [1.807, 2.05) is 0 Å². The number of rotatable bonds is 10. The first-order chi connectivity index (χ1) is 6.85. The smallest absolute Gasteiger partial charge is 0.0700 e. The fraction of sp³-hybridized carbons (Fsp3) is 1.00. The highest BCUT2D eigenvalue weighted by Crippen LogP contribution is 1.96. The quantitative estimate of drug-likeness (QED) is 0.536. The van der Waals surface area contributed by atoms with Crippen LogP contribution >= 0.6 is 0 Å². The summed E-state index contributed by atoms with van der Waals surface area (Å²) in [4.78, 5) is 0. The maximum absolute atomic E-state index is 5.51. The third-order valence-corrected chi connectivity index (χ3v) is 1.94. The molecule has 0 aromatic rings. The molecular formula is C10H23NO3. The second-order valence-electron chi connectivity index (χ2n) is 3.10. The van der Waals surface area contributed by atoms with Crippen molar-refractivity contribution in [1.29, 1.82) is 0 Å². The lowest BCUT2D eigenvalue weighted by atomic mass is 10.3. The van der Waals surface area contributed by atoms with Crippen LogP contribution in [0.2, 0.25) is 0 Å². The molecule has 4 heteroatoms. The summed E-state index contributed by atoms with van der Waals surface area (Å²) in [6, 6.07) is 0. The molecule has 14 heavy (non-hydrogen) atoms. The zero-order valence-corrected chi connectivity index (χ0v) is 9.33. The Morgan fingerprint density at radius 2 is 1.93 bits per heavy atom. The van der Waals surface area contributed by atoms with Gasteiger partial charge < -0.3 is 19.9 Å². The average molecular weight is 205 g/mol. The summed E-state index contributed by atoms with van der Waals surface area (Å²) in [5, 5.41) is 0. The summed E-state index contributed by atoms with van der Waals surface area (Å²) in [7, 11) is 1.67. The van der Waals surface area contributed by atoms with Gasteiger partial charge >= 0.3 is 0 Å². The van der Waals surface area contributed by atoms with Crippen LogP contribution in [0, 0.1) is 0 Å². The summed E-state index contributed by atoms with van der Waals surface area (Å²) in [5.74, 6) is 0. The van der Waals surface area contributed by atoms with Crippen molar-refractivity contribution in [2.45, 2.75) is 25.9 Å². The molecule has 0 aromatic carbocycles. The molecule has 1 atom stereocenters. The maximum Gasteiger partial charge on any atom is 0.0700 e. The van der Waals surface area contributed by atoms with E-state index in [1.165, 1.54) is 0 Å². The van der Waals surface area contributed by atoms with Gasteiger partial charge in [0.25, 0.3) is 0 Å². The van der Waals surface area contributed by atoms with Gasteiger partial charge in [-0.2, -0.15) is 0 Å². The van der Waals surface area contributed by atoms with Gasteiger partial charge in [0.1, 0.15) is 0 Å². The molecule has 4 nitrogen and oxygen atoms in total. The molecule has 0 aromatic heterocycles. The third-order valence-electron chi connectivity index (χ3n) is 1.94. The van der Waals surface area contributed by atoms with Crippen molar-refractivity contribution < 1.29 is 14.2 Å². The molecule has 0 spiro atoms. The van der Waals surface area contributed by atoms with E-state index in [9.17, 15) is 0 Å². The Balaban J connectivity index is 3.04. The molecule has 0 aliphatic carbocycles. The topological polar surface area (TPSA) is 53.7 Å². The zero-order valence-electron chi connectivity index (χ0n) is 9.33. The summed E-state index contributed by atoms with van der Waals surface area (Å²) in [5.41, 5.74) is 5.49. The highest BCUT2D eigenvalue weighted by Gasteiger charge is 2.01. The fourth-order valence-electron chi connectivity index (χ4n) is 1.01. The van der Waals surface area contributed by atoms with E-state index in [4.69, 9.17) is 19.9 Å². The van der Waals surface area contributed by atoms with Gasteiger partial charge in [0.05, 0.1) is 19.3 Å². The third kappa shape index (κ3) is 8.44. The van der Waals surface area contributed by atoms with E-state index >= 15 is 0 Å². The molecule has 0 aliphatic heterocycles. The lowest BCUT2D eigenvalue weighted by Gasteiger charge is -2.13. The van der Waals surface area contributed by atoms with Crippen molar-refractivity contribution >= 4 is 0 Å². The van der Waals surface area contributed by atoms with E-state index in [2.05, 4.69) is 6.92 Å². The van der Waals surface area contributed by atoms with Crippen molar-refractivity contribution in [3.63, 3.8) is 0 Å². The molecule has 0 rings (SSSR count). The maximum atomic E-state index is 5.51. The highest BCUT2D eigenvalue weighted by molar-refractivity contribution is 4.54. The Kier molecular flexibility index (Phi) is 10.8. The van der Waals surface area contributed by atoms with Gasteiger partial charge in [0.15, 0.2) is 0 Å². The van der Waals surface area contributed by atoms with Crippen LogP contribution in [-0.2, 0) is 14.2 Å². The first-order valence-electron chi connectivity index (χ1n) is 5.23. The first kappa shape index (κ1) is 13.8. The second kappa shape index (κ2) is 10.9. The van der Waals surface area contributed by atoms with Crippen LogP contribution in [0.1, 0.15) is 19.8 Å². The predicted molar refractivity (Wildman–Crippen MR) is 56.4 cm³/mol. The Bertz CT molecular complexity index is 108. The standard InChI is InChI=1S/C10H23NO3/c1-3-10(9-11)14-6-4-5-13-8-7-12-2/h10H,3-9,11H2,1-2H3. The summed E-state index contributed by atoms with van der Waals surface area (Å²) in [6.07, 6.45) is 2.09. The number of methoxy groups -OCH3 is 1. The normalized spacial score (nSPS) is 13.1. The number of nitrogens with two attached hydrogens (primary N) is 1. The van der Waals surface area contributed by atoms with Gasteiger partial charge in [-0.25, -0.2) is 0 Å². The lowest BCUT2D eigenvalue weighted by Crippen LogP contribution is -2.23. The summed E-state index contributed by atoms with van der Waals surface area (Å²) in [6.45, 7) is 5.44. The lowest BCUT2D eigenvalue weighted by molar-refractivity contribution is 0.0256. The van der Waals surface area contributed by atoms with E-state index < -0.39 is 0 Å². The van der Waals surface area contributed by atoms with E-state index in [-0.39, 0.29) is 6.10 Å². The molecule has 0 bridgehead atoms. The second-order valence-corrected chi connectivity index (χ2v) is 3.10. The molecule has 0 radical (unpaired) electrons. The van der Waals surface area contributed by atoms with Crippen LogP contribution in [0.25, 0.3) is 0 Å². The average Bonchev–Trinajstić information content (AvgIpc) is 2.22. The minimum Gasteiger partial charge on any atom is -0.382 e. The van der Waals surface area contributed by atoms with Gasteiger partial charge in [-0.1, -0.05) is 6.92 Å². The van der Waals surface area contributed by atoms with Crippen molar-refractivity contribution in [3.05, 3.63) is 0 Å². The van der Waals surface area contributed by atoms with E-state index in [0.29, 0.717) is 19.8 Å². The molecule has 0 saturated heterocycles. The molecule has 0 fully saturated rings. The minimum absolute atomic E-state index is 0.203. The van der Waals surface area contributed by atoms with Gasteiger partial charge in [-0.15, -0.1) is 0 Å². The van der Waals surface area contributed by atoms with E-state index in [0.717, 1.165) is 26.1 Å². The molecule has 86 valence electrons. The Morgan fingerprint density at radius 1 is 1.14 bits per heavy atom. The molecule has 1 unspecified atom stereocenters. The van der Waals surface area contributed by atoms with Crippen molar-refractivity contribution in [3.8, 4) is 0 Å². The van der Waals surface area contributed by atoms with Gasteiger partial charge in [0, 0.05) is 26.9 Å². The van der Waals surface area contributed by atoms with Gasteiger partial charge in [0.2, 0.25) is 0 Å². The largest absolute Gasteiger partial charge is 0.382 e. The van der Waals surface area contributed by atoms with Gasteiger partial charge in [-0.3, -0.25) is 0 Å². The van der Waals surface area contributed by atoms with Crippen LogP contribution in [0.4, 0.5) is 0 Å². The Morgan fingerprint density at radius 3 is 2.50 bits per heavy atom. The first-order valence-corrected chi connectivity index (χ1v) is 5.23. The molecule has 0 heterocycles. The predicted octanol–water partition coefficient (Wildman–Crippen LogP) is 0.793. The SMILES string of the molecule is CCC(CN)OCCCOCCOC. The molecule has 0 amide bonds. The highest BCUT2D eigenvalue weighted by atomic mass is 16.5. The van der Waals surface area contributed by atoms with Crippen LogP contribution < -0.4 is 5.73 Å². The van der Waals surface area contributed by atoms with Crippen molar-refractivity contribution in [2.24, 2.45) is 5.73 Å². The molecular weight excluding hydrogens is 182 g/mol. The molecule has 0 saturated carbocycles. The molecule has 2 N–H and O–H groups in total. The minimum atomic E-state index is 0.203. The van der Waals surface area contributed by atoms with Crippen molar-refractivity contribution in [1.82, 2.24) is 0 Å². The van der Waals surface area contributed by atoms with Crippen LogP contribution in [0.15, 0.2) is 0 Å². The Labute approximate surface area is 86.7 Å².